The van der Waals surface area contributed by atoms with Gasteiger partial charge in [-0.25, -0.2) is 13.8 Å². The summed E-state index contributed by atoms with van der Waals surface area (Å²) < 4.78 is 92.2. The van der Waals surface area contributed by atoms with Gasteiger partial charge in [-0.2, -0.15) is 23.1 Å². The molecule has 0 radical (unpaired) electrons. The average molecular weight is 699 g/mol. The summed E-state index contributed by atoms with van der Waals surface area (Å²) in [4.78, 5) is 29.3. The van der Waals surface area contributed by atoms with Crippen LogP contribution < -0.4 is 20.1 Å². The number of nitrogens with two attached hydrogens (primary N) is 1. The first-order valence-electron chi connectivity index (χ1n) is 15.4. The number of Topliss-reactive ketones (excluding diaryl/α,β-unsaturated/α-hetero) is 1. The third kappa shape index (κ3) is 5.46. The Bertz CT molecular complexity index is 1800. The number of pyridine rings is 1. The third-order valence-electron chi connectivity index (χ3n) is 9.88. The molecule has 0 amide bonds. The Morgan fingerprint density at radius 3 is 2.69 bits per heavy atom. The van der Waals surface area contributed by atoms with Gasteiger partial charge in [0.25, 0.3) is 0 Å². The second-order valence-corrected chi connectivity index (χ2v) is 13.4. The predicted octanol–water partition coefficient (Wildman–Crippen LogP) is 4.35. The lowest BCUT2D eigenvalue weighted by Gasteiger charge is -2.50. The van der Waals surface area contributed by atoms with E-state index in [1.807, 2.05) is 4.90 Å². The van der Waals surface area contributed by atoms with Crippen molar-refractivity contribution >= 4 is 39.8 Å². The predicted molar refractivity (Wildman–Crippen MR) is 163 cm³/mol. The third-order valence-corrected chi connectivity index (χ3v) is 10.2. The van der Waals surface area contributed by atoms with E-state index < -0.39 is 75.1 Å². The zero-order valence-corrected chi connectivity index (χ0v) is 26.5. The first kappa shape index (κ1) is 32.9. The standard InChI is InChI=1S/C31H32ClF5N6O5/c1-42-26-21-25(40-28(41-26)47-14-29-3-2-4-43(29)10-15(33)8-29)23(34)24(19-5-16(38)6-20(32)22(19)31(35,36)37)39-27(21)48-18(7-17(45)11-44)9-30(42)12-46-13-30/h5-6,15,18,44H,2-4,7-14,38H2,1H3/t15-,18?,29+/m1/s1. The lowest BCUT2D eigenvalue weighted by Crippen LogP contribution is -2.63. The summed E-state index contributed by atoms with van der Waals surface area (Å²) in [5, 5.41) is 8.64. The average Bonchev–Trinajstić information content (AvgIpc) is 3.52. The molecule has 48 heavy (non-hydrogen) atoms. The van der Waals surface area contributed by atoms with Crippen molar-refractivity contribution in [2.24, 2.45) is 0 Å². The highest BCUT2D eigenvalue weighted by Crippen LogP contribution is 2.48. The van der Waals surface area contributed by atoms with Crippen LogP contribution in [0.2, 0.25) is 5.02 Å². The molecule has 4 aliphatic rings. The number of likely N-dealkylation sites (N-methyl/N-ethyl adjacent to an activating group) is 1. The van der Waals surface area contributed by atoms with Gasteiger partial charge >= 0.3 is 12.2 Å². The number of nitrogen functional groups attached to an aromatic ring is 1. The molecule has 3 atom stereocenters. The van der Waals surface area contributed by atoms with Gasteiger partial charge in [0.05, 0.1) is 34.9 Å². The largest absolute Gasteiger partial charge is 0.473 e. The molecule has 1 spiro atoms. The van der Waals surface area contributed by atoms with Gasteiger partial charge in [0, 0.05) is 44.1 Å². The Balaban J connectivity index is 1.44. The van der Waals surface area contributed by atoms with Crippen LogP contribution >= 0.6 is 11.6 Å². The zero-order chi connectivity index (χ0) is 34.2. The topological polar surface area (TPSA) is 136 Å². The van der Waals surface area contributed by atoms with Crippen LogP contribution in [0, 0.1) is 5.82 Å². The fourth-order valence-electron chi connectivity index (χ4n) is 7.49. The number of ketones is 1. The molecule has 0 bridgehead atoms. The number of aliphatic hydroxyl groups excluding tert-OH is 1. The second-order valence-electron chi connectivity index (χ2n) is 13.0. The van der Waals surface area contributed by atoms with Gasteiger partial charge in [-0.3, -0.25) is 9.69 Å². The molecule has 17 heteroatoms. The molecule has 1 aromatic carbocycles. The molecule has 3 saturated heterocycles. The number of fused-ring (bicyclic) bond motifs is 1. The lowest BCUT2D eigenvalue weighted by molar-refractivity contribution is -0.137. The van der Waals surface area contributed by atoms with Crippen LogP contribution in [-0.2, 0) is 15.7 Å². The Hall–Kier alpha value is -3.60. The Morgan fingerprint density at radius 1 is 1.23 bits per heavy atom. The summed E-state index contributed by atoms with van der Waals surface area (Å²) in [7, 11) is 1.68. The Morgan fingerprint density at radius 2 is 2.00 bits per heavy atom. The number of carbonyl (C=O) groups excluding carboxylic acids is 1. The smallest absolute Gasteiger partial charge is 0.418 e. The maximum absolute atomic E-state index is 16.8. The first-order chi connectivity index (χ1) is 22.7. The first-order valence-corrected chi connectivity index (χ1v) is 15.8. The van der Waals surface area contributed by atoms with Gasteiger partial charge in [0.1, 0.15) is 47.9 Å². The highest BCUT2D eigenvalue weighted by molar-refractivity contribution is 6.32. The summed E-state index contributed by atoms with van der Waals surface area (Å²) in [5.74, 6) is -2.04. The number of halogens is 6. The number of anilines is 2. The molecule has 6 heterocycles. The number of aliphatic hydroxyl groups is 1. The molecule has 3 N–H and O–H groups in total. The summed E-state index contributed by atoms with van der Waals surface area (Å²) >= 11 is 6.01. The van der Waals surface area contributed by atoms with Crippen molar-refractivity contribution in [1.82, 2.24) is 19.9 Å². The molecule has 11 nitrogen and oxygen atoms in total. The summed E-state index contributed by atoms with van der Waals surface area (Å²) in [6.07, 6.45) is -5.34. The fourth-order valence-corrected chi connectivity index (χ4v) is 7.83. The number of carbonyl (C=O) groups is 1. The quantitative estimate of drug-likeness (QED) is 0.269. The summed E-state index contributed by atoms with van der Waals surface area (Å²) in [5.41, 5.74) is 0.919. The molecule has 2 aromatic heterocycles. The number of aromatic nitrogens is 3. The zero-order valence-electron chi connectivity index (χ0n) is 25.7. The Labute approximate surface area is 276 Å². The van der Waals surface area contributed by atoms with Gasteiger partial charge < -0.3 is 30.0 Å². The van der Waals surface area contributed by atoms with E-state index in [1.165, 1.54) is 0 Å². The van der Waals surface area contributed by atoms with E-state index in [9.17, 15) is 27.5 Å². The van der Waals surface area contributed by atoms with E-state index in [2.05, 4.69) is 15.0 Å². The van der Waals surface area contributed by atoms with E-state index in [0.717, 1.165) is 18.6 Å². The number of hydrogen-bond acceptors (Lipinski definition) is 11. The van der Waals surface area contributed by atoms with Gasteiger partial charge in [0.2, 0.25) is 5.88 Å². The lowest BCUT2D eigenvalue weighted by atomic mass is 9.86. The van der Waals surface area contributed by atoms with E-state index >= 15 is 4.39 Å². The molecule has 4 aliphatic heterocycles. The number of hydrogen-bond donors (Lipinski definition) is 2. The molecule has 7 rings (SSSR count). The normalized spacial score (nSPS) is 25.0. The number of rotatable bonds is 7. The summed E-state index contributed by atoms with van der Waals surface area (Å²) in [6, 6.07) is 1.53. The van der Waals surface area contributed by atoms with Crippen LogP contribution in [0.1, 0.15) is 37.7 Å². The Kier molecular flexibility index (Phi) is 8.08. The maximum atomic E-state index is 16.8. The molecule has 1 unspecified atom stereocenters. The van der Waals surface area contributed by atoms with Gasteiger partial charge in [0.15, 0.2) is 11.6 Å². The van der Waals surface area contributed by atoms with Crippen LogP contribution in [-0.4, -0.2) is 101 Å². The number of ether oxygens (including phenoxy) is 3. The fraction of sp³-hybridized carbons (Fsp3) is 0.548. The SMILES string of the molecule is CN1c2nc(OC[C@@]34CCCN3C[C@H](F)C4)nc3c(F)c(-c4cc(N)cc(Cl)c4C(F)(F)F)nc(c23)OC(CC(=O)CO)CC12COC2. The molecule has 3 fully saturated rings. The van der Waals surface area contributed by atoms with Crippen LogP contribution in [0.5, 0.6) is 11.9 Å². The van der Waals surface area contributed by atoms with E-state index in [0.29, 0.717) is 13.0 Å². The van der Waals surface area contributed by atoms with Crippen molar-refractivity contribution in [3.05, 3.63) is 28.5 Å². The van der Waals surface area contributed by atoms with Gasteiger partial charge in [-0.15, -0.1) is 0 Å². The molecule has 0 aliphatic carbocycles. The van der Waals surface area contributed by atoms with Crippen LogP contribution in [0.3, 0.4) is 0 Å². The minimum absolute atomic E-state index is 0.00759. The van der Waals surface area contributed by atoms with Crippen LogP contribution in [0.25, 0.3) is 22.2 Å². The van der Waals surface area contributed by atoms with Crippen LogP contribution in [0.4, 0.5) is 33.5 Å². The maximum Gasteiger partial charge on any atom is 0.418 e. The van der Waals surface area contributed by atoms with E-state index in [-0.39, 0.29) is 74.4 Å². The minimum Gasteiger partial charge on any atom is -0.473 e. The van der Waals surface area contributed by atoms with E-state index in [4.69, 9.17) is 31.5 Å². The molecule has 258 valence electrons. The minimum atomic E-state index is -5.03. The molecule has 3 aromatic rings. The number of benzene rings is 1. The number of alkyl halides is 4. The summed E-state index contributed by atoms with van der Waals surface area (Å²) in [6.45, 7) is 0.590. The molecular weight excluding hydrogens is 667 g/mol. The highest BCUT2D eigenvalue weighted by atomic mass is 35.5. The molecular formula is C31H32ClF5N6O5. The van der Waals surface area contributed by atoms with Gasteiger partial charge in [-0.1, -0.05) is 11.6 Å². The number of nitrogens with zero attached hydrogens (tertiary/aromatic N) is 5. The monoisotopic (exact) mass is 698 g/mol. The van der Waals surface area contributed by atoms with Crippen LogP contribution in [0.15, 0.2) is 12.1 Å². The van der Waals surface area contributed by atoms with Gasteiger partial charge in [-0.05, 0) is 31.5 Å². The van der Waals surface area contributed by atoms with Crippen molar-refractivity contribution in [2.75, 3.05) is 57.2 Å². The van der Waals surface area contributed by atoms with Crippen molar-refractivity contribution in [3.8, 4) is 23.1 Å². The van der Waals surface area contributed by atoms with Crippen molar-refractivity contribution in [2.45, 2.75) is 61.6 Å². The van der Waals surface area contributed by atoms with Crippen molar-refractivity contribution in [1.29, 1.82) is 0 Å². The van der Waals surface area contributed by atoms with Crippen molar-refractivity contribution in [3.63, 3.8) is 0 Å². The van der Waals surface area contributed by atoms with Crippen molar-refractivity contribution < 1.29 is 46.1 Å². The highest BCUT2D eigenvalue weighted by Gasteiger charge is 2.51. The second kappa shape index (κ2) is 11.8. The molecule has 0 saturated carbocycles. The van der Waals surface area contributed by atoms with E-state index in [1.54, 1.807) is 11.9 Å².